The molecule has 2 aromatic carbocycles. The fourth-order valence-electron chi connectivity index (χ4n) is 3.27. The Hall–Kier alpha value is -2.85. The molecule has 0 fully saturated rings. The third-order valence-corrected chi connectivity index (χ3v) is 6.47. The molecule has 192 valence electrons. The minimum atomic E-state index is -3.90. The van der Waals surface area contributed by atoms with Crippen LogP contribution in [0.25, 0.3) is 0 Å². The zero-order valence-corrected chi connectivity index (χ0v) is 22.2. The maximum absolute atomic E-state index is 13.5. The van der Waals surface area contributed by atoms with Gasteiger partial charge in [0, 0.05) is 12.1 Å². The monoisotopic (exact) mass is 527 g/mol. The van der Waals surface area contributed by atoms with Crippen LogP contribution < -0.4 is 14.4 Å². The lowest BCUT2D eigenvalue weighted by Crippen LogP contribution is -2.54. The molecule has 35 heavy (non-hydrogen) atoms. The largest absolute Gasteiger partial charge is 0.495 e. The first-order valence-corrected chi connectivity index (χ1v) is 13.0. The molecule has 0 aliphatic rings. The van der Waals surface area contributed by atoms with Gasteiger partial charge in [0.25, 0.3) is 0 Å². The third kappa shape index (κ3) is 8.10. The lowest BCUT2D eigenvalue weighted by Gasteiger charge is -2.33. The number of anilines is 1. The molecule has 0 radical (unpaired) electrons. The number of nitrogens with one attached hydrogen (secondary N) is 1. The minimum Gasteiger partial charge on any atom is -0.495 e. The Kier molecular flexibility index (Phi) is 9.13. The number of ether oxygens (including phenoxy) is 1. The van der Waals surface area contributed by atoms with Crippen molar-refractivity contribution in [3.05, 3.63) is 58.9 Å². The number of carbonyl (C=O) groups excluding carboxylic acids is 2. The second kappa shape index (κ2) is 11.3. The first-order chi connectivity index (χ1) is 16.1. The quantitative estimate of drug-likeness (QED) is 0.537. The Balaban J connectivity index is 2.42. The summed E-state index contributed by atoms with van der Waals surface area (Å²) >= 11 is 6.17. The minimum absolute atomic E-state index is 0.0290. The molecule has 0 spiro atoms. The third-order valence-electron chi connectivity index (χ3n) is 5.03. The highest BCUT2D eigenvalue weighted by molar-refractivity contribution is 7.92. The molecule has 0 heterocycles. The first kappa shape index (κ1) is 28.4. The van der Waals surface area contributed by atoms with E-state index in [4.69, 9.17) is 16.3 Å². The van der Waals surface area contributed by atoms with Gasteiger partial charge in [-0.3, -0.25) is 13.9 Å². The van der Waals surface area contributed by atoms with Crippen molar-refractivity contribution in [2.45, 2.75) is 45.8 Å². The molecule has 0 saturated carbocycles. The van der Waals surface area contributed by atoms with Gasteiger partial charge in [0.1, 0.15) is 24.2 Å². The van der Waals surface area contributed by atoms with E-state index >= 15 is 0 Å². The van der Waals surface area contributed by atoms with Gasteiger partial charge in [-0.1, -0.05) is 23.7 Å². The van der Waals surface area contributed by atoms with Gasteiger partial charge in [0.05, 0.1) is 24.1 Å². The number of sulfonamides is 1. The Bertz CT molecular complexity index is 1170. The number of amides is 2. The van der Waals surface area contributed by atoms with Crippen molar-refractivity contribution in [1.82, 2.24) is 10.2 Å². The van der Waals surface area contributed by atoms with Gasteiger partial charge in [0.15, 0.2) is 0 Å². The van der Waals surface area contributed by atoms with E-state index < -0.39 is 45.8 Å². The van der Waals surface area contributed by atoms with Gasteiger partial charge in [-0.05, 0) is 63.6 Å². The summed E-state index contributed by atoms with van der Waals surface area (Å²) in [7, 11) is -2.47. The predicted octanol–water partition coefficient (Wildman–Crippen LogP) is 3.59. The maximum Gasteiger partial charge on any atom is 0.244 e. The van der Waals surface area contributed by atoms with Crippen LogP contribution >= 0.6 is 11.6 Å². The summed E-state index contributed by atoms with van der Waals surface area (Å²) in [6, 6.07) is 8.92. The molecule has 0 bridgehead atoms. The van der Waals surface area contributed by atoms with Crippen molar-refractivity contribution in [3.63, 3.8) is 0 Å². The molecule has 2 rings (SSSR count). The van der Waals surface area contributed by atoms with Crippen molar-refractivity contribution >= 4 is 39.1 Å². The van der Waals surface area contributed by atoms with E-state index in [1.165, 1.54) is 54.5 Å². The van der Waals surface area contributed by atoms with Crippen molar-refractivity contribution in [3.8, 4) is 5.75 Å². The zero-order chi connectivity index (χ0) is 26.6. The number of halogens is 2. The maximum atomic E-state index is 13.5. The summed E-state index contributed by atoms with van der Waals surface area (Å²) in [6.45, 7) is 6.37. The predicted molar refractivity (Wildman–Crippen MR) is 135 cm³/mol. The van der Waals surface area contributed by atoms with Gasteiger partial charge in [-0.25, -0.2) is 12.8 Å². The van der Waals surface area contributed by atoms with Gasteiger partial charge in [-0.15, -0.1) is 0 Å². The Morgan fingerprint density at radius 3 is 2.23 bits per heavy atom. The van der Waals surface area contributed by atoms with Crippen LogP contribution in [0.5, 0.6) is 5.75 Å². The molecule has 1 unspecified atom stereocenters. The summed E-state index contributed by atoms with van der Waals surface area (Å²) in [5.41, 5.74) is 0.197. The second-order valence-corrected chi connectivity index (χ2v) is 11.5. The second-order valence-electron chi connectivity index (χ2n) is 9.15. The van der Waals surface area contributed by atoms with Crippen LogP contribution in [-0.2, 0) is 26.2 Å². The standard InChI is InChI=1S/C24H31ClFN3O5S/c1-16(23(31)27-24(2,3)4)28(14-17-7-9-18(26)10-8-17)22(30)15-29(35(6,32)33)19-11-12-21(34-5)20(25)13-19/h7-13,16H,14-15H2,1-6H3,(H,27,31). The zero-order valence-electron chi connectivity index (χ0n) is 20.6. The van der Waals surface area contributed by atoms with E-state index in [1.54, 1.807) is 6.92 Å². The average Bonchev–Trinajstić information content (AvgIpc) is 2.74. The van der Waals surface area contributed by atoms with Crippen LogP contribution in [-0.4, -0.2) is 56.6 Å². The van der Waals surface area contributed by atoms with Gasteiger partial charge >= 0.3 is 0 Å². The number of nitrogens with zero attached hydrogens (tertiary/aromatic N) is 2. The molecular formula is C24H31ClFN3O5S. The normalized spacial score (nSPS) is 12.6. The number of benzene rings is 2. The highest BCUT2D eigenvalue weighted by Crippen LogP contribution is 2.30. The molecule has 11 heteroatoms. The Morgan fingerprint density at radius 2 is 1.74 bits per heavy atom. The first-order valence-electron chi connectivity index (χ1n) is 10.8. The van der Waals surface area contributed by atoms with E-state index in [0.717, 1.165) is 10.6 Å². The number of hydrogen-bond acceptors (Lipinski definition) is 5. The summed E-state index contributed by atoms with van der Waals surface area (Å²) in [5.74, 6) is -1.13. The number of methoxy groups -OCH3 is 1. The van der Waals surface area contributed by atoms with Crippen molar-refractivity contribution in [1.29, 1.82) is 0 Å². The molecule has 0 aliphatic heterocycles. The lowest BCUT2D eigenvalue weighted by atomic mass is 10.1. The number of rotatable bonds is 9. The highest BCUT2D eigenvalue weighted by Gasteiger charge is 2.31. The fourth-order valence-corrected chi connectivity index (χ4v) is 4.36. The molecule has 2 amide bonds. The van der Waals surface area contributed by atoms with E-state index in [-0.39, 0.29) is 17.3 Å². The molecule has 0 aromatic heterocycles. The van der Waals surface area contributed by atoms with Crippen LogP contribution in [0.4, 0.5) is 10.1 Å². The van der Waals surface area contributed by atoms with Crippen LogP contribution in [0.15, 0.2) is 42.5 Å². The van der Waals surface area contributed by atoms with E-state index in [2.05, 4.69) is 5.32 Å². The van der Waals surface area contributed by atoms with Crippen LogP contribution in [0, 0.1) is 5.82 Å². The van der Waals surface area contributed by atoms with E-state index in [0.29, 0.717) is 11.3 Å². The summed E-state index contributed by atoms with van der Waals surface area (Å²) in [4.78, 5) is 27.6. The van der Waals surface area contributed by atoms with Gasteiger partial charge in [0.2, 0.25) is 21.8 Å². The lowest BCUT2D eigenvalue weighted by molar-refractivity contribution is -0.140. The van der Waals surface area contributed by atoms with Crippen molar-refractivity contribution in [2.24, 2.45) is 0 Å². The molecule has 8 nitrogen and oxygen atoms in total. The summed E-state index contributed by atoms with van der Waals surface area (Å²) in [5, 5.41) is 3.00. The van der Waals surface area contributed by atoms with Crippen molar-refractivity contribution < 1.29 is 27.1 Å². The van der Waals surface area contributed by atoms with Gasteiger partial charge in [-0.2, -0.15) is 0 Å². The summed E-state index contributed by atoms with van der Waals surface area (Å²) in [6.07, 6.45) is 0.971. The molecule has 0 saturated heterocycles. The number of hydrogen-bond donors (Lipinski definition) is 1. The average molecular weight is 528 g/mol. The van der Waals surface area contributed by atoms with E-state index in [1.807, 2.05) is 20.8 Å². The Morgan fingerprint density at radius 1 is 1.14 bits per heavy atom. The molecule has 2 aromatic rings. The topological polar surface area (TPSA) is 96.0 Å². The molecule has 1 atom stereocenters. The summed E-state index contributed by atoms with van der Waals surface area (Å²) < 4.78 is 44.6. The van der Waals surface area contributed by atoms with Crippen LogP contribution in [0.1, 0.15) is 33.3 Å². The van der Waals surface area contributed by atoms with E-state index in [9.17, 15) is 22.4 Å². The van der Waals surface area contributed by atoms with Crippen LogP contribution in [0.3, 0.4) is 0 Å². The molecular weight excluding hydrogens is 497 g/mol. The fraction of sp³-hybridized carbons (Fsp3) is 0.417. The van der Waals surface area contributed by atoms with Gasteiger partial charge < -0.3 is 15.0 Å². The van der Waals surface area contributed by atoms with Crippen LogP contribution in [0.2, 0.25) is 5.02 Å². The molecule has 1 N–H and O–H groups in total. The van der Waals surface area contributed by atoms with Crippen molar-refractivity contribution in [2.75, 3.05) is 24.2 Å². The Labute approximate surface area is 211 Å². The number of carbonyl (C=O) groups is 2. The SMILES string of the molecule is COc1ccc(N(CC(=O)N(Cc2ccc(F)cc2)C(C)C(=O)NC(C)(C)C)S(C)(=O)=O)cc1Cl. The highest BCUT2D eigenvalue weighted by atomic mass is 35.5. The smallest absolute Gasteiger partial charge is 0.244 e. The molecule has 0 aliphatic carbocycles.